The Morgan fingerprint density at radius 2 is 1.88 bits per heavy atom. The van der Waals surface area contributed by atoms with Gasteiger partial charge < -0.3 is 0 Å². The van der Waals surface area contributed by atoms with Crippen molar-refractivity contribution in [2.24, 2.45) is 5.92 Å². The Kier molecular flexibility index (Phi) is 3.63. The molecule has 0 aromatic carbocycles. The van der Waals surface area contributed by atoms with Gasteiger partial charge in [-0.1, -0.05) is 0 Å². The summed E-state index contributed by atoms with van der Waals surface area (Å²) < 4.78 is 5.73. The van der Waals surface area contributed by atoms with Crippen molar-refractivity contribution in [3.05, 3.63) is 0 Å². The van der Waals surface area contributed by atoms with Crippen molar-refractivity contribution in [2.45, 2.75) is 27.2 Å². The fraction of sp³-hybridized carbons (Fsp3) is 0.818. The van der Waals surface area contributed by atoms with Crippen LogP contribution in [-0.2, 0) is 14.1 Å². The Balaban J connectivity index is 2.95. The van der Waals surface area contributed by atoms with Crippen molar-refractivity contribution in [2.75, 3.05) is 24.6 Å². The molecule has 1 heterocycles. The monoisotopic (exact) mass is 248 g/mol. The van der Waals surface area contributed by atoms with Crippen molar-refractivity contribution < 1.29 is 19.2 Å². The minimum atomic E-state index is -2.38. The third kappa shape index (κ3) is 2.08. The van der Waals surface area contributed by atoms with Gasteiger partial charge in [0.15, 0.2) is 0 Å². The molecule has 1 unspecified atom stereocenters. The van der Waals surface area contributed by atoms with Gasteiger partial charge in [0.25, 0.3) is 0 Å². The molecule has 0 aliphatic carbocycles. The topological polar surface area (TPSA) is 63.6 Å². The van der Waals surface area contributed by atoms with E-state index in [9.17, 15) is 9.59 Å². The zero-order valence-corrected chi connectivity index (χ0v) is 11.1. The molecule has 1 aliphatic heterocycles. The van der Waals surface area contributed by atoms with E-state index < -0.39 is 18.7 Å². The van der Waals surface area contributed by atoms with Gasteiger partial charge in [-0.3, -0.25) is 0 Å². The second-order valence-corrected chi connectivity index (χ2v) is 10.9. The molecule has 1 rings (SSSR count). The third-order valence-electron chi connectivity index (χ3n) is 4.18. The summed E-state index contributed by atoms with van der Waals surface area (Å²) in [6, 6.07) is 0. The third-order valence-corrected chi connectivity index (χ3v) is 11.0. The van der Waals surface area contributed by atoms with E-state index in [1.165, 1.54) is 0 Å². The van der Waals surface area contributed by atoms with E-state index in [2.05, 4.69) is 20.8 Å². The van der Waals surface area contributed by atoms with Crippen molar-refractivity contribution in [1.29, 1.82) is 0 Å². The van der Waals surface area contributed by atoms with Crippen molar-refractivity contribution in [1.82, 2.24) is 0 Å². The molecule has 1 saturated heterocycles. The van der Waals surface area contributed by atoms with Crippen LogP contribution in [0, 0.1) is 5.92 Å². The van der Waals surface area contributed by atoms with Gasteiger partial charge in [-0.05, 0) is 0 Å². The molecule has 1 N–H and O–H groups in total. The number of rotatable bonds is 5. The maximum atomic E-state index is 11.8. The molecular weight excluding hydrogens is 227 g/mol. The van der Waals surface area contributed by atoms with Gasteiger partial charge in [0, 0.05) is 0 Å². The number of carbonyl (C=O) groups excluding carboxylic acids is 1. The van der Waals surface area contributed by atoms with Gasteiger partial charge in [-0.2, -0.15) is 0 Å². The van der Waals surface area contributed by atoms with Crippen LogP contribution in [0.5, 0.6) is 0 Å². The standard InChI is InChI=1S/C11H21O4P/c1-4-16(5-2,6-3)8-9(7-10(12)13)11(14)15-16/h9H,4-8H2,1-3H3,(H,12,13). The normalized spacial score (nSPS) is 29.1. The molecule has 94 valence electrons. The first-order valence-electron chi connectivity index (χ1n) is 5.86. The van der Waals surface area contributed by atoms with E-state index in [1.807, 2.05) is 0 Å². The van der Waals surface area contributed by atoms with E-state index in [-0.39, 0.29) is 12.4 Å². The SMILES string of the molecule is CCP1(CC)(CC)CC(CC(=O)O)C(=O)O1. The number of hydrogen-bond acceptors (Lipinski definition) is 3. The number of carboxylic acid groups (broad SMARTS) is 1. The number of aliphatic carboxylic acids is 1. The summed E-state index contributed by atoms with van der Waals surface area (Å²) in [4.78, 5) is 22.4. The average molecular weight is 248 g/mol. The minimum absolute atomic E-state index is 0.0866. The summed E-state index contributed by atoms with van der Waals surface area (Å²) in [5.74, 6) is -1.62. The summed E-state index contributed by atoms with van der Waals surface area (Å²) in [5.41, 5.74) is 0. The zero-order valence-electron chi connectivity index (χ0n) is 10.2. The van der Waals surface area contributed by atoms with E-state index in [0.29, 0.717) is 6.16 Å². The van der Waals surface area contributed by atoms with E-state index in [1.54, 1.807) is 0 Å². The van der Waals surface area contributed by atoms with Crippen LogP contribution in [0.15, 0.2) is 0 Å². The van der Waals surface area contributed by atoms with Crippen molar-refractivity contribution in [3.63, 3.8) is 0 Å². The second kappa shape index (κ2) is 4.33. The molecule has 5 heteroatoms. The molecule has 0 aromatic heterocycles. The van der Waals surface area contributed by atoms with E-state index in [0.717, 1.165) is 18.5 Å². The Hall–Kier alpha value is -0.630. The van der Waals surface area contributed by atoms with E-state index >= 15 is 0 Å². The molecule has 1 fully saturated rings. The molecule has 0 radical (unpaired) electrons. The fourth-order valence-corrected chi connectivity index (χ4v) is 7.24. The average Bonchev–Trinajstić information content (AvgIpc) is 2.54. The Morgan fingerprint density at radius 1 is 1.38 bits per heavy atom. The molecular formula is C11H21O4P. The molecule has 16 heavy (non-hydrogen) atoms. The molecule has 0 bridgehead atoms. The van der Waals surface area contributed by atoms with Gasteiger partial charge in [0.2, 0.25) is 0 Å². The Bertz CT molecular complexity index is 298. The Morgan fingerprint density at radius 3 is 2.19 bits per heavy atom. The summed E-state index contributed by atoms with van der Waals surface area (Å²) in [7, 11) is 0. The summed E-state index contributed by atoms with van der Waals surface area (Å²) in [6.45, 7) is 3.79. The van der Waals surface area contributed by atoms with E-state index in [4.69, 9.17) is 9.63 Å². The predicted molar refractivity (Wildman–Crippen MR) is 65.2 cm³/mol. The number of carboxylic acids is 1. The van der Waals surface area contributed by atoms with Crippen LogP contribution in [0.1, 0.15) is 27.2 Å². The van der Waals surface area contributed by atoms with Gasteiger partial charge in [-0.25, -0.2) is 0 Å². The fourth-order valence-electron chi connectivity index (χ4n) is 2.61. The summed E-state index contributed by atoms with van der Waals surface area (Å²) >= 11 is 0. The number of hydrogen-bond donors (Lipinski definition) is 1. The van der Waals surface area contributed by atoms with Gasteiger partial charge in [0.1, 0.15) is 0 Å². The van der Waals surface area contributed by atoms with Gasteiger partial charge in [-0.15, -0.1) is 0 Å². The molecule has 0 spiro atoms. The predicted octanol–water partition coefficient (Wildman–Crippen LogP) is 2.16. The van der Waals surface area contributed by atoms with Gasteiger partial charge in [0.05, 0.1) is 0 Å². The molecule has 4 nitrogen and oxygen atoms in total. The second-order valence-electron chi connectivity index (χ2n) is 4.69. The molecule has 1 aliphatic rings. The van der Waals surface area contributed by atoms with Crippen LogP contribution >= 0.6 is 6.83 Å². The van der Waals surface area contributed by atoms with Crippen LogP contribution in [0.3, 0.4) is 0 Å². The maximum absolute atomic E-state index is 11.8. The molecule has 0 aromatic rings. The van der Waals surface area contributed by atoms with Crippen LogP contribution in [0.2, 0.25) is 0 Å². The van der Waals surface area contributed by atoms with Crippen LogP contribution in [-0.4, -0.2) is 41.7 Å². The van der Waals surface area contributed by atoms with Gasteiger partial charge >= 0.3 is 95.7 Å². The van der Waals surface area contributed by atoms with Crippen molar-refractivity contribution in [3.8, 4) is 0 Å². The zero-order chi connectivity index (χ0) is 12.4. The molecule has 0 saturated carbocycles. The summed E-state index contributed by atoms with van der Waals surface area (Å²) in [5, 5.41) is 8.77. The first-order chi connectivity index (χ1) is 7.40. The molecule has 0 amide bonds. The van der Waals surface area contributed by atoms with Crippen LogP contribution in [0.25, 0.3) is 0 Å². The number of carbonyl (C=O) groups is 2. The first-order valence-corrected chi connectivity index (χ1v) is 8.76. The molecule has 1 atom stereocenters. The summed E-state index contributed by atoms with van der Waals surface area (Å²) in [6.07, 6.45) is 3.21. The Labute approximate surface area is 96.4 Å². The van der Waals surface area contributed by atoms with Crippen LogP contribution in [0.4, 0.5) is 0 Å². The first kappa shape index (κ1) is 13.4. The van der Waals surface area contributed by atoms with Crippen LogP contribution < -0.4 is 0 Å². The van der Waals surface area contributed by atoms with Crippen molar-refractivity contribution >= 4 is 18.8 Å². The quantitative estimate of drug-likeness (QED) is 0.757.